The maximum absolute atomic E-state index is 12.8. The smallest absolute Gasteiger partial charge is 0.254 e. The van der Waals surface area contributed by atoms with Crippen LogP contribution >= 0.6 is 0 Å². The van der Waals surface area contributed by atoms with Crippen LogP contribution < -0.4 is 5.32 Å². The van der Waals surface area contributed by atoms with E-state index in [9.17, 15) is 9.59 Å². The second-order valence-electron chi connectivity index (χ2n) is 7.63. The molecule has 2 saturated heterocycles. The number of hydrogen-bond donors (Lipinski definition) is 1. The van der Waals surface area contributed by atoms with Gasteiger partial charge in [0.25, 0.3) is 5.91 Å². The van der Waals surface area contributed by atoms with Gasteiger partial charge in [-0.3, -0.25) is 9.59 Å². The van der Waals surface area contributed by atoms with Crippen LogP contribution in [0.4, 0.5) is 0 Å². The highest BCUT2D eigenvalue weighted by atomic mass is 16.2. The lowest BCUT2D eigenvalue weighted by molar-refractivity contribution is -0.129. The molecule has 4 rings (SSSR count). The van der Waals surface area contributed by atoms with E-state index in [1.54, 1.807) is 6.92 Å². The Labute approximate surface area is 149 Å². The predicted octanol–water partition coefficient (Wildman–Crippen LogP) is 2.12. The molecule has 134 valence electrons. The number of piperidine rings is 2. The standard InChI is InChI=1S/C20H27N3O2/c1-14(24)22-9-6-15(7-10-22)16-4-5-19-17(11-16)13-23(20(19)25)18-3-2-8-21-12-18/h4-5,11,15,18,21H,2-3,6-10,12-13H2,1H3. The number of nitrogens with zero attached hydrogens (tertiary/aromatic N) is 2. The highest BCUT2D eigenvalue weighted by Gasteiger charge is 2.34. The summed E-state index contributed by atoms with van der Waals surface area (Å²) in [5.41, 5.74) is 3.40. The number of fused-ring (bicyclic) bond motifs is 1. The molecular weight excluding hydrogens is 314 g/mol. The van der Waals surface area contributed by atoms with Crippen molar-refractivity contribution >= 4 is 11.8 Å². The van der Waals surface area contributed by atoms with E-state index in [1.165, 1.54) is 11.1 Å². The van der Waals surface area contributed by atoms with Gasteiger partial charge in [-0.05, 0) is 55.3 Å². The Balaban J connectivity index is 1.47. The average Bonchev–Trinajstić information content (AvgIpc) is 2.99. The summed E-state index contributed by atoms with van der Waals surface area (Å²) in [6, 6.07) is 6.74. The lowest BCUT2D eigenvalue weighted by Crippen LogP contribution is -2.46. The van der Waals surface area contributed by atoms with Crippen LogP contribution in [0.25, 0.3) is 0 Å². The average molecular weight is 341 g/mol. The molecule has 1 unspecified atom stereocenters. The van der Waals surface area contributed by atoms with Gasteiger partial charge in [-0.15, -0.1) is 0 Å². The maximum Gasteiger partial charge on any atom is 0.254 e. The molecule has 0 radical (unpaired) electrons. The van der Waals surface area contributed by atoms with Crippen molar-refractivity contribution in [2.75, 3.05) is 26.2 Å². The second-order valence-corrected chi connectivity index (χ2v) is 7.63. The lowest BCUT2D eigenvalue weighted by atomic mass is 9.88. The Bertz CT molecular complexity index is 674. The van der Waals surface area contributed by atoms with Crippen molar-refractivity contribution in [2.45, 2.75) is 51.1 Å². The first-order chi connectivity index (χ1) is 12.1. The summed E-state index contributed by atoms with van der Waals surface area (Å²) in [6.07, 6.45) is 4.28. The van der Waals surface area contributed by atoms with E-state index < -0.39 is 0 Å². The number of benzene rings is 1. The fourth-order valence-corrected chi connectivity index (χ4v) is 4.54. The van der Waals surface area contributed by atoms with E-state index in [0.717, 1.165) is 64.0 Å². The van der Waals surface area contributed by atoms with Gasteiger partial charge in [-0.2, -0.15) is 0 Å². The van der Waals surface area contributed by atoms with Crippen molar-refractivity contribution in [3.05, 3.63) is 34.9 Å². The van der Waals surface area contributed by atoms with E-state index in [1.807, 2.05) is 11.0 Å². The van der Waals surface area contributed by atoms with Gasteiger partial charge < -0.3 is 15.1 Å². The van der Waals surface area contributed by atoms with Gasteiger partial charge in [0.1, 0.15) is 0 Å². The number of nitrogens with one attached hydrogen (secondary N) is 1. The maximum atomic E-state index is 12.8. The Morgan fingerprint density at radius 3 is 2.68 bits per heavy atom. The monoisotopic (exact) mass is 341 g/mol. The molecule has 0 aromatic heterocycles. The molecule has 0 saturated carbocycles. The molecule has 0 spiro atoms. The minimum atomic E-state index is 0.176. The lowest BCUT2D eigenvalue weighted by Gasteiger charge is -2.31. The number of amides is 2. The third-order valence-electron chi connectivity index (χ3n) is 6.08. The molecule has 3 aliphatic rings. The highest BCUT2D eigenvalue weighted by molar-refractivity contribution is 5.98. The zero-order valence-corrected chi connectivity index (χ0v) is 15.0. The summed E-state index contributed by atoms with van der Waals surface area (Å²) in [4.78, 5) is 28.2. The summed E-state index contributed by atoms with van der Waals surface area (Å²) in [5, 5.41) is 3.41. The first-order valence-corrected chi connectivity index (χ1v) is 9.53. The highest BCUT2D eigenvalue weighted by Crippen LogP contribution is 2.33. The Hall–Kier alpha value is -1.88. The third kappa shape index (κ3) is 3.17. The number of likely N-dealkylation sites (tertiary alicyclic amines) is 1. The SMILES string of the molecule is CC(=O)N1CCC(c2ccc3c(c2)CN(C2CCCNC2)C3=O)CC1. The molecule has 0 aliphatic carbocycles. The summed E-state index contributed by atoms with van der Waals surface area (Å²) in [5.74, 6) is 0.873. The quantitative estimate of drug-likeness (QED) is 0.896. The van der Waals surface area contributed by atoms with Crippen molar-refractivity contribution in [3.63, 3.8) is 0 Å². The van der Waals surface area contributed by atoms with Crippen molar-refractivity contribution in [2.24, 2.45) is 0 Å². The van der Waals surface area contributed by atoms with Crippen molar-refractivity contribution in [1.29, 1.82) is 0 Å². The number of hydrogen-bond acceptors (Lipinski definition) is 3. The van der Waals surface area contributed by atoms with Crippen LogP contribution in [0, 0.1) is 0 Å². The minimum Gasteiger partial charge on any atom is -0.343 e. The van der Waals surface area contributed by atoms with E-state index in [0.29, 0.717) is 12.0 Å². The molecule has 2 amide bonds. The number of carbonyl (C=O) groups excluding carboxylic acids is 2. The Morgan fingerprint density at radius 2 is 2.00 bits per heavy atom. The molecule has 3 aliphatic heterocycles. The molecular formula is C20H27N3O2. The van der Waals surface area contributed by atoms with Gasteiger partial charge in [0.2, 0.25) is 5.91 Å². The molecule has 3 heterocycles. The summed E-state index contributed by atoms with van der Waals surface area (Å²) in [6.45, 7) is 6.06. The number of rotatable bonds is 2. The van der Waals surface area contributed by atoms with E-state index in [4.69, 9.17) is 0 Å². The van der Waals surface area contributed by atoms with Gasteiger partial charge in [0.15, 0.2) is 0 Å². The second kappa shape index (κ2) is 6.79. The van der Waals surface area contributed by atoms with Crippen LogP contribution in [-0.4, -0.2) is 53.8 Å². The predicted molar refractivity (Wildman–Crippen MR) is 96.4 cm³/mol. The topological polar surface area (TPSA) is 52.7 Å². The van der Waals surface area contributed by atoms with Crippen LogP contribution in [0.1, 0.15) is 60.0 Å². The van der Waals surface area contributed by atoms with Crippen molar-refractivity contribution < 1.29 is 9.59 Å². The van der Waals surface area contributed by atoms with E-state index in [2.05, 4.69) is 22.3 Å². The van der Waals surface area contributed by atoms with Crippen LogP contribution in [0.2, 0.25) is 0 Å². The first kappa shape index (κ1) is 16.6. The zero-order valence-electron chi connectivity index (χ0n) is 15.0. The first-order valence-electron chi connectivity index (χ1n) is 9.53. The third-order valence-corrected chi connectivity index (χ3v) is 6.08. The molecule has 25 heavy (non-hydrogen) atoms. The van der Waals surface area contributed by atoms with Crippen LogP contribution in [0.5, 0.6) is 0 Å². The molecule has 1 atom stereocenters. The van der Waals surface area contributed by atoms with Gasteiger partial charge in [-0.1, -0.05) is 12.1 Å². The molecule has 1 aromatic carbocycles. The van der Waals surface area contributed by atoms with Crippen molar-refractivity contribution in [3.8, 4) is 0 Å². The van der Waals surface area contributed by atoms with Gasteiger partial charge in [-0.25, -0.2) is 0 Å². The summed E-state index contributed by atoms with van der Waals surface area (Å²) >= 11 is 0. The number of carbonyl (C=O) groups is 2. The fourth-order valence-electron chi connectivity index (χ4n) is 4.54. The minimum absolute atomic E-state index is 0.176. The van der Waals surface area contributed by atoms with E-state index in [-0.39, 0.29) is 11.8 Å². The van der Waals surface area contributed by atoms with Crippen LogP contribution in [0.3, 0.4) is 0 Å². The molecule has 1 N–H and O–H groups in total. The molecule has 2 fully saturated rings. The summed E-state index contributed by atoms with van der Waals surface area (Å²) in [7, 11) is 0. The zero-order chi connectivity index (χ0) is 17.4. The largest absolute Gasteiger partial charge is 0.343 e. The molecule has 5 heteroatoms. The molecule has 1 aromatic rings. The van der Waals surface area contributed by atoms with E-state index >= 15 is 0 Å². The van der Waals surface area contributed by atoms with Crippen LogP contribution in [-0.2, 0) is 11.3 Å². The van der Waals surface area contributed by atoms with Crippen molar-refractivity contribution in [1.82, 2.24) is 15.1 Å². The molecule has 5 nitrogen and oxygen atoms in total. The summed E-state index contributed by atoms with van der Waals surface area (Å²) < 4.78 is 0. The Morgan fingerprint density at radius 1 is 1.20 bits per heavy atom. The Kier molecular flexibility index (Phi) is 4.50. The van der Waals surface area contributed by atoms with Crippen LogP contribution in [0.15, 0.2) is 18.2 Å². The van der Waals surface area contributed by atoms with Gasteiger partial charge in [0, 0.05) is 44.7 Å². The van der Waals surface area contributed by atoms with Gasteiger partial charge in [0.05, 0.1) is 0 Å². The molecule has 0 bridgehead atoms. The fraction of sp³-hybridized carbons (Fsp3) is 0.600. The normalized spacial score (nSPS) is 24.5. The van der Waals surface area contributed by atoms with Gasteiger partial charge >= 0.3 is 0 Å².